The first-order chi connectivity index (χ1) is 7.81. The summed E-state index contributed by atoms with van der Waals surface area (Å²) in [5.41, 5.74) is 0. The van der Waals surface area contributed by atoms with Crippen molar-refractivity contribution in [3.8, 4) is 0 Å². The zero-order valence-corrected chi connectivity index (χ0v) is 10.5. The van der Waals surface area contributed by atoms with Crippen LogP contribution >= 0.6 is 0 Å². The molecule has 0 bridgehead atoms. The Labute approximate surface area is 99.2 Å². The number of carbonyl (C=O) groups excluding carboxylic acids is 1. The number of hydrogen-bond donors (Lipinski definition) is 1. The highest BCUT2D eigenvalue weighted by Gasteiger charge is 2.01. The number of aliphatic hydroxyl groups excluding tert-OH is 1. The molecule has 0 aliphatic heterocycles. The summed E-state index contributed by atoms with van der Waals surface area (Å²) in [5, 5.41) is 8.55. The van der Waals surface area contributed by atoms with Crippen LogP contribution in [-0.2, 0) is 9.53 Å². The standard InChI is InChI=1S/C13H26O3/c1-2-3-4-5-7-10-13(15)16-12-9-6-8-11-14/h14H,2-12H2,1H3. The van der Waals surface area contributed by atoms with Gasteiger partial charge in [-0.05, 0) is 25.7 Å². The molecule has 0 aromatic rings. The molecular formula is C13H26O3. The molecule has 0 rings (SSSR count). The smallest absolute Gasteiger partial charge is 0.305 e. The van der Waals surface area contributed by atoms with Gasteiger partial charge < -0.3 is 9.84 Å². The van der Waals surface area contributed by atoms with E-state index in [2.05, 4.69) is 6.92 Å². The summed E-state index contributed by atoms with van der Waals surface area (Å²) in [6.07, 6.45) is 8.95. The van der Waals surface area contributed by atoms with Crippen molar-refractivity contribution < 1.29 is 14.6 Å². The van der Waals surface area contributed by atoms with Gasteiger partial charge in [-0.3, -0.25) is 4.79 Å². The van der Waals surface area contributed by atoms with Crippen molar-refractivity contribution in [2.45, 2.75) is 64.7 Å². The van der Waals surface area contributed by atoms with E-state index in [-0.39, 0.29) is 12.6 Å². The minimum Gasteiger partial charge on any atom is -0.466 e. The summed E-state index contributed by atoms with van der Waals surface area (Å²) in [5.74, 6) is -0.0690. The normalized spacial score (nSPS) is 10.4. The summed E-state index contributed by atoms with van der Waals surface area (Å²) in [6.45, 7) is 2.92. The quantitative estimate of drug-likeness (QED) is 0.438. The van der Waals surface area contributed by atoms with Crippen LogP contribution in [0.15, 0.2) is 0 Å². The highest BCUT2D eigenvalue weighted by atomic mass is 16.5. The molecule has 16 heavy (non-hydrogen) atoms. The fourth-order valence-corrected chi connectivity index (χ4v) is 1.52. The average Bonchev–Trinajstić information content (AvgIpc) is 2.28. The van der Waals surface area contributed by atoms with Crippen LogP contribution in [0.4, 0.5) is 0 Å². The number of esters is 1. The maximum atomic E-state index is 11.2. The Hall–Kier alpha value is -0.570. The van der Waals surface area contributed by atoms with Gasteiger partial charge in [-0.2, -0.15) is 0 Å². The van der Waals surface area contributed by atoms with Crippen molar-refractivity contribution in [1.29, 1.82) is 0 Å². The number of hydrogen-bond acceptors (Lipinski definition) is 3. The third-order valence-electron chi connectivity index (χ3n) is 2.55. The second kappa shape index (κ2) is 12.5. The second-order valence-corrected chi connectivity index (χ2v) is 4.17. The Morgan fingerprint density at radius 1 is 1.00 bits per heavy atom. The summed E-state index contributed by atoms with van der Waals surface area (Å²) >= 11 is 0. The average molecular weight is 230 g/mol. The first-order valence-electron chi connectivity index (χ1n) is 6.57. The van der Waals surface area contributed by atoms with Crippen molar-refractivity contribution >= 4 is 5.97 Å². The number of carbonyl (C=O) groups is 1. The number of ether oxygens (including phenoxy) is 1. The van der Waals surface area contributed by atoms with Crippen molar-refractivity contribution in [2.75, 3.05) is 13.2 Å². The first-order valence-corrected chi connectivity index (χ1v) is 6.57. The molecule has 0 aromatic heterocycles. The third-order valence-corrected chi connectivity index (χ3v) is 2.55. The Kier molecular flexibility index (Phi) is 12.1. The van der Waals surface area contributed by atoms with Crippen LogP contribution in [0, 0.1) is 0 Å². The van der Waals surface area contributed by atoms with Crippen LogP contribution in [-0.4, -0.2) is 24.3 Å². The van der Waals surface area contributed by atoms with Crippen LogP contribution in [0.1, 0.15) is 64.7 Å². The monoisotopic (exact) mass is 230 g/mol. The maximum Gasteiger partial charge on any atom is 0.305 e. The molecule has 0 aliphatic rings. The molecule has 3 heteroatoms. The van der Waals surface area contributed by atoms with E-state index in [1.54, 1.807) is 0 Å². The van der Waals surface area contributed by atoms with E-state index < -0.39 is 0 Å². The molecule has 1 N–H and O–H groups in total. The van der Waals surface area contributed by atoms with E-state index >= 15 is 0 Å². The summed E-state index contributed by atoms with van der Waals surface area (Å²) < 4.78 is 5.07. The predicted octanol–water partition coefficient (Wildman–Crippen LogP) is 3.05. The predicted molar refractivity (Wildman–Crippen MR) is 65.3 cm³/mol. The molecule has 0 aromatic carbocycles. The van der Waals surface area contributed by atoms with Gasteiger partial charge in [0.2, 0.25) is 0 Å². The van der Waals surface area contributed by atoms with Gasteiger partial charge in [-0.15, -0.1) is 0 Å². The van der Waals surface area contributed by atoms with Crippen LogP contribution in [0.5, 0.6) is 0 Å². The van der Waals surface area contributed by atoms with Crippen molar-refractivity contribution in [2.24, 2.45) is 0 Å². The van der Waals surface area contributed by atoms with E-state index in [1.165, 1.54) is 19.3 Å². The van der Waals surface area contributed by atoms with Gasteiger partial charge >= 0.3 is 5.97 Å². The SMILES string of the molecule is CCCCCCCC(=O)OCCCCCO. The molecule has 0 unspecified atom stereocenters. The maximum absolute atomic E-state index is 11.2. The van der Waals surface area contributed by atoms with Crippen molar-refractivity contribution in [3.63, 3.8) is 0 Å². The molecule has 0 amide bonds. The number of unbranched alkanes of at least 4 members (excludes halogenated alkanes) is 6. The molecule has 0 fully saturated rings. The molecule has 96 valence electrons. The lowest BCUT2D eigenvalue weighted by Crippen LogP contribution is -2.05. The van der Waals surface area contributed by atoms with E-state index in [0.717, 1.165) is 32.1 Å². The highest BCUT2D eigenvalue weighted by molar-refractivity contribution is 5.69. The van der Waals surface area contributed by atoms with E-state index in [1.807, 2.05) is 0 Å². The molecule has 0 aliphatic carbocycles. The van der Waals surface area contributed by atoms with Gasteiger partial charge in [0.25, 0.3) is 0 Å². The zero-order chi connectivity index (χ0) is 12.1. The van der Waals surface area contributed by atoms with E-state index in [4.69, 9.17) is 9.84 Å². The Morgan fingerprint density at radius 2 is 1.69 bits per heavy atom. The molecule has 0 spiro atoms. The van der Waals surface area contributed by atoms with Gasteiger partial charge in [-0.1, -0.05) is 32.6 Å². The molecule has 0 radical (unpaired) electrons. The number of rotatable bonds is 11. The summed E-state index contributed by atoms with van der Waals surface area (Å²) in [6, 6.07) is 0. The van der Waals surface area contributed by atoms with Crippen LogP contribution in [0.3, 0.4) is 0 Å². The molecule has 0 saturated heterocycles. The zero-order valence-electron chi connectivity index (χ0n) is 10.5. The Balaban J connectivity index is 3.12. The van der Waals surface area contributed by atoms with Crippen molar-refractivity contribution in [1.82, 2.24) is 0 Å². The lowest BCUT2D eigenvalue weighted by atomic mass is 10.1. The van der Waals surface area contributed by atoms with Gasteiger partial charge in [0.05, 0.1) is 6.61 Å². The van der Waals surface area contributed by atoms with Gasteiger partial charge in [0.1, 0.15) is 0 Å². The Bertz CT molecular complexity index is 141. The fourth-order valence-electron chi connectivity index (χ4n) is 1.52. The third kappa shape index (κ3) is 11.5. The van der Waals surface area contributed by atoms with Crippen molar-refractivity contribution in [3.05, 3.63) is 0 Å². The van der Waals surface area contributed by atoms with Gasteiger partial charge in [-0.25, -0.2) is 0 Å². The second-order valence-electron chi connectivity index (χ2n) is 4.17. The van der Waals surface area contributed by atoms with Gasteiger partial charge in [0.15, 0.2) is 0 Å². The minimum atomic E-state index is -0.0690. The van der Waals surface area contributed by atoms with Crippen LogP contribution in [0.2, 0.25) is 0 Å². The fraction of sp³-hybridized carbons (Fsp3) is 0.923. The van der Waals surface area contributed by atoms with Crippen LogP contribution < -0.4 is 0 Å². The highest BCUT2D eigenvalue weighted by Crippen LogP contribution is 2.06. The van der Waals surface area contributed by atoms with E-state index in [0.29, 0.717) is 13.0 Å². The van der Waals surface area contributed by atoms with Crippen LogP contribution in [0.25, 0.3) is 0 Å². The minimum absolute atomic E-state index is 0.0690. The summed E-state index contributed by atoms with van der Waals surface area (Å²) in [7, 11) is 0. The molecule has 0 heterocycles. The first kappa shape index (κ1) is 15.4. The molecule has 0 atom stereocenters. The number of aliphatic hydroxyl groups is 1. The summed E-state index contributed by atoms with van der Waals surface area (Å²) in [4.78, 5) is 11.2. The molecule has 0 saturated carbocycles. The largest absolute Gasteiger partial charge is 0.466 e. The van der Waals surface area contributed by atoms with E-state index in [9.17, 15) is 4.79 Å². The molecular weight excluding hydrogens is 204 g/mol. The molecule has 3 nitrogen and oxygen atoms in total. The lowest BCUT2D eigenvalue weighted by Gasteiger charge is -2.04. The lowest BCUT2D eigenvalue weighted by molar-refractivity contribution is -0.143. The topological polar surface area (TPSA) is 46.5 Å². The van der Waals surface area contributed by atoms with Gasteiger partial charge in [0, 0.05) is 13.0 Å². The Morgan fingerprint density at radius 3 is 2.38 bits per heavy atom.